The highest BCUT2D eigenvalue weighted by atomic mass is 79.9. The maximum Gasteiger partial charge on any atom is 0.338 e. The quantitative estimate of drug-likeness (QED) is 0.207. The van der Waals surface area contributed by atoms with E-state index in [2.05, 4.69) is 30.9 Å². The van der Waals surface area contributed by atoms with E-state index < -0.39 is 12.0 Å². The van der Waals surface area contributed by atoms with Gasteiger partial charge in [-0.05, 0) is 71.4 Å². The summed E-state index contributed by atoms with van der Waals surface area (Å²) in [6.45, 7) is 3.64. The maximum absolute atomic E-state index is 13.9. The van der Waals surface area contributed by atoms with Crippen molar-refractivity contribution in [3.63, 3.8) is 0 Å². The van der Waals surface area contributed by atoms with Crippen LogP contribution in [0.15, 0.2) is 82.9 Å². The number of methoxy groups -OCH3 is 2. The van der Waals surface area contributed by atoms with Crippen LogP contribution in [0.1, 0.15) is 31.2 Å². The molecule has 0 N–H and O–H groups in total. The number of allylic oxidation sites excluding steroid dienone is 1. The predicted molar refractivity (Wildman–Crippen MR) is 153 cm³/mol. The van der Waals surface area contributed by atoms with Gasteiger partial charge < -0.3 is 18.6 Å². The number of furan rings is 1. The Labute approximate surface area is 245 Å². The Hall–Kier alpha value is -3.68. The maximum atomic E-state index is 13.9. The van der Waals surface area contributed by atoms with E-state index in [9.17, 15) is 9.59 Å². The molecule has 4 heterocycles. The molecule has 4 aromatic rings. The third-order valence-electron chi connectivity index (χ3n) is 5.91. The molecule has 13 heteroatoms. The molecule has 0 unspecified atom stereocenters. The Bertz CT molecular complexity index is 1800. The van der Waals surface area contributed by atoms with Gasteiger partial charge in [0.15, 0.2) is 26.5 Å². The van der Waals surface area contributed by atoms with Crippen molar-refractivity contribution in [2.75, 3.05) is 20.8 Å². The summed E-state index contributed by atoms with van der Waals surface area (Å²) in [5.41, 5.74) is 1.06. The van der Waals surface area contributed by atoms with Crippen LogP contribution < -0.4 is 24.4 Å². The molecular formula is C27H23BrN4O6S2. The zero-order chi connectivity index (χ0) is 28.4. The van der Waals surface area contributed by atoms with Crippen molar-refractivity contribution >= 4 is 51.1 Å². The first kappa shape index (κ1) is 27.9. The topological polar surface area (TPSA) is 118 Å². The van der Waals surface area contributed by atoms with Gasteiger partial charge in [0.1, 0.15) is 5.76 Å². The number of halogens is 1. The summed E-state index contributed by atoms with van der Waals surface area (Å²) < 4.78 is 24.8. The zero-order valence-electron chi connectivity index (χ0n) is 21.8. The van der Waals surface area contributed by atoms with E-state index in [1.54, 1.807) is 69.8 Å². The van der Waals surface area contributed by atoms with Gasteiger partial charge in [-0.25, -0.2) is 19.8 Å². The van der Waals surface area contributed by atoms with E-state index in [0.29, 0.717) is 52.6 Å². The van der Waals surface area contributed by atoms with Crippen molar-refractivity contribution in [1.29, 1.82) is 0 Å². The molecule has 1 aliphatic rings. The SMILES string of the molecule is CCOC(=O)C1=C(C)N=c2s/c(=C/c3cc(Br)c(Sc4ncccn4)o3)c(=O)n2[C@@H]1c1ccc(OC)c(OC)c1. The highest BCUT2D eigenvalue weighted by Crippen LogP contribution is 2.36. The number of hydrogen-bond donors (Lipinski definition) is 0. The molecule has 0 amide bonds. The lowest BCUT2D eigenvalue weighted by atomic mass is 9.95. The Morgan fingerprint density at radius 1 is 1.20 bits per heavy atom. The van der Waals surface area contributed by atoms with Crippen LogP contribution in [0.5, 0.6) is 11.5 Å². The van der Waals surface area contributed by atoms with E-state index in [4.69, 9.17) is 18.6 Å². The van der Waals surface area contributed by atoms with Gasteiger partial charge in [-0.3, -0.25) is 9.36 Å². The molecule has 0 radical (unpaired) electrons. The number of carbonyl (C=O) groups is 1. The first-order valence-corrected chi connectivity index (χ1v) is 14.4. The summed E-state index contributed by atoms with van der Waals surface area (Å²) in [7, 11) is 3.07. The molecule has 0 saturated carbocycles. The van der Waals surface area contributed by atoms with Gasteiger partial charge in [0.25, 0.3) is 5.56 Å². The van der Waals surface area contributed by atoms with Crippen molar-refractivity contribution in [3.05, 3.63) is 89.5 Å². The Morgan fingerprint density at radius 2 is 1.95 bits per heavy atom. The number of ether oxygens (including phenoxy) is 3. The van der Waals surface area contributed by atoms with Gasteiger partial charge >= 0.3 is 5.97 Å². The fraction of sp³-hybridized carbons (Fsp3) is 0.222. The Balaban J connectivity index is 1.63. The Kier molecular flexibility index (Phi) is 8.24. The third kappa shape index (κ3) is 5.36. The van der Waals surface area contributed by atoms with Crippen molar-refractivity contribution in [2.45, 2.75) is 30.1 Å². The molecule has 10 nitrogen and oxygen atoms in total. The molecule has 5 rings (SSSR count). The summed E-state index contributed by atoms with van der Waals surface area (Å²) in [6.07, 6.45) is 4.95. The second kappa shape index (κ2) is 11.8. The first-order valence-electron chi connectivity index (χ1n) is 12.0. The molecule has 206 valence electrons. The molecule has 0 aliphatic carbocycles. The monoisotopic (exact) mass is 642 g/mol. The van der Waals surface area contributed by atoms with Crippen LogP contribution in [0, 0.1) is 0 Å². The average Bonchev–Trinajstić information content (AvgIpc) is 3.45. The van der Waals surface area contributed by atoms with Crippen LogP contribution in [0.25, 0.3) is 6.08 Å². The molecule has 0 bridgehead atoms. The van der Waals surface area contributed by atoms with Crippen LogP contribution in [-0.2, 0) is 9.53 Å². The summed E-state index contributed by atoms with van der Waals surface area (Å²) in [4.78, 5) is 40.5. The summed E-state index contributed by atoms with van der Waals surface area (Å²) in [5.74, 6) is 0.903. The first-order chi connectivity index (χ1) is 19.3. The van der Waals surface area contributed by atoms with Gasteiger partial charge in [0.05, 0.1) is 47.1 Å². The minimum absolute atomic E-state index is 0.181. The van der Waals surface area contributed by atoms with E-state index in [1.807, 2.05) is 0 Å². The lowest BCUT2D eigenvalue weighted by Gasteiger charge is -2.25. The molecule has 3 aromatic heterocycles. The molecular weight excluding hydrogens is 620 g/mol. The fourth-order valence-corrected chi connectivity index (χ4v) is 6.45. The number of thiazole rings is 1. The molecule has 0 spiro atoms. The van der Waals surface area contributed by atoms with E-state index in [0.717, 1.165) is 0 Å². The smallest absolute Gasteiger partial charge is 0.338 e. The van der Waals surface area contributed by atoms with E-state index in [-0.39, 0.29) is 17.7 Å². The van der Waals surface area contributed by atoms with Gasteiger partial charge in [-0.15, -0.1) is 0 Å². The number of aromatic nitrogens is 3. The minimum Gasteiger partial charge on any atom is -0.493 e. The molecule has 40 heavy (non-hydrogen) atoms. The number of esters is 1. The largest absolute Gasteiger partial charge is 0.493 e. The lowest BCUT2D eigenvalue weighted by molar-refractivity contribution is -0.139. The van der Waals surface area contributed by atoms with Crippen LogP contribution in [0.4, 0.5) is 0 Å². The van der Waals surface area contributed by atoms with Crippen molar-refractivity contribution in [3.8, 4) is 11.5 Å². The normalized spacial score (nSPS) is 15.0. The number of rotatable bonds is 8. The highest BCUT2D eigenvalue weighted by molar-refractivity contribution is 9.10. The van der Waals surface area contributed by atoms with Crippen LogP contribution in [0.2, 0.25) is 0 Å². The zero-order valence-corrected chi connectivity index (χ0v) is 25.1. The van der Waals surface area contributed by atoms with Crippen LogP contribution in [-0.4, -0.2) is 41.3 Å². The van der Waals surface area contributed by atoms with Gasteiger partial charge in [-0.1, -0.05) is 17.4 Å². The third-order valence-corrected chi connectivity index (χ3v) is 8.63. The predicted octanol–water partition coefficient (Wildman–Crippen LogP) is 4.11. The Morgan fingerprint density at radius 3 is 2.65 bits per heavy atom. The number of hydrogen-bond acceptors (Lipinski definition) is 11. The lowest BCUT2D eigenvalue weighted by Crippen LogP contribution is -2.39. The van der Waals surface area contributed by atoms with Crippen molar-refractivity contribution < 1.29 is 23.4 Å². The standard InChI is InChI=1S/C27H23BrN4O6S2/c1-5-37-24(34)21-14(2)31-27-32(22(21)15-7-8-18(35-3)19(11-15)36-4)23(33)20(39-27)13-16-12-17(28)25(38-16)40-26-29-9-6-10-30-26/h6-13,22H,5H2,1-4H3/b20-13+/t22-/m1/s1. The van der Waals surface area contributed by atoms with Gasteiger partial charge in [0, 0.05) is 18.5 Å². The highest BCUT2D eigenvalue weighted by Gasteiger charge is 2.34. The summed E-state index contributed by atoms with van der Waals surface area (Å²) in [6, 6.07) is 7.98. The summed E-state index contributed by atoms with van der Waals surface area (Å²) in [5, 5.41) is 1.08. The average molecular weight is 644 g/mol. The second-order valence-electron chi connectivity index (χ2n) is 8.33. The fourth-order valence-electron chi connectivity index (χ4n) is 4.19. The number of fused-ring (bicyclic) bond motifs is 1. The van der Waals surface area contributed by atoms with Gasteiger partial charge in [-0.2, -0.15) is 0 Å². The van der Waals surface area contributed by atoms with Crippen LogP contribution in [0.3, 0.4) is 0 Å². The number of benzene rings is 1. The minimum atomic E-state index is -0.790. The van der Waals surface area contributed by atoms with Gasteiger partial charge in [0.2, 0.25) is 0 Å². The molecule has 1 aromatic carbocycles. The molecule has 0 fully saturated rings. The molecule has 0 saturated heterocycles. The number of carbonyl (C=O) groups excluding carboxylic acids is 1. The van der Waals surface area contributed by atoms with Crippen molar-refractivity contribution in [1.82, 2.24) is 14.5 Å². The van der Waals surface area contributed by atoms with E-state index >= 15 is 0 Å². The number of nitrogens with zero attached hydrogens (tertiary/aromatic N) is 4. The van der Waals surface area contributed by atoms with Crippen molar-refractivity contribution in [2.24, 2.45) is 4.99 Å². The van der Waals surface area contributed by atoms with Crippen LogP contribution >= 0.6 is 39.0 Å². The molecule has 1 atom stereocenters. The summed E-state index contributed by atoms with van der Waals surface area (Å²) >= 11 is 5.96. The molecule has 1 aliphatic heterocycles. The second-order valence-corrected chi connectivity index (χ2v) is 11.1. The van der Waals surface area contributed by atoms with E-state index in [1.165, 1.54) is 34.8 Å².